The molecular weight excluding hydrogens is 196 g/mol. The number of carbonyl (C=O) groups excluding carboxylic acids is 1. The Hall–Kier alpha value is -0.770. The Kier molecular flexibility index (Phi) is 10.7. The van der Waals surface area contributed by atoms with Gasteiger partial charge in [0.1, 0.15) is 0 Å². The van der Waals surface area contributed by atoms with Crippen LogP contribution < -0.4 is 0 Å². The van der Waals surface area contributed by atoms with Crippen molar-refractivity contribution >= 4 is 6.16 Å². The summed E-state index contributed by atoms with van der Waals surface area (Å²) in [6.07, 6.45) is 3.08. The summed E-state index contributed by atoms with van der Waals surface area (Å²) in [5.41, 5.74) is 0. The lowest BCUT2D eigenvalue weighted by Crippen LogP contribution is -2.09. The smallest absolute Gasteiger partial charge is 0.434 e. The Morgan fingerprint density at radius 2 is 1.53 bits per heavy atom. The summed E-state index contributed by atoms with van der Waals surface area (Å²) in [4.78, 5) is 10.9. The van der Waals surface area contributed by atoms with Gasteiger partial charge in [0.15, 0.2) is 0 Å². The van der Waals surface area contributed by atoms with Crippen LogP contribution in [0, 0.1) is 0 Å². The van der Waals surface area contributed by atoms with Gasteiger partial charge >= 0.3 is 6.16 Å². The van der Waals surface area contributed by atoms with E-state index < -0.39 is 6.16 Å². The molecule has 0 fully saturated rings. The van der Waals surface area contributed by atoms with Crippen molar-refractivity contribution in [1.29, 1.82) is 0 Å². The van der Waals surface area contributed by atoms with Crippen LogP contribution in [0.25, 0.3) is 0 Å². The van der Waals surface area contributed by atoms with Gasteiger partial charge in [0.2, 0.25) is 0 Å². The first-order valence-corrected chi connectivity index (χ1v) is 5.68. The molecule has 0 amide bonds. The van der Waals surface area contributed by atoms with Crippen molar-refractivity contribution < 1.29 is 19.0 Å². The van der Waals surface area contributed by atoms with E-state index in [4.69, 9.17) is 14.2 Å². The van der Waals surface area contributed by atoms with E-state index in [2.05, 4.69) is 0 Å². The molecule has 0 aliphatic carbocycles. The molecule has 0 saturated heterocycles. The largest absolute Gasteiger partial charge is 0.508 e. The second-order valence-electron chi connectivity index (χ2n) is 3.20. The van der Waals surface area contributed by atoms with Crippen LogP contribution in [0.5, 0.6) is 0 Å². The Morgan fingerprint density at radius 3 is 2.13 bits per heavy atom. The minimum absolute atomic E-state index is 0.415. The third kappa shape index (κ3) is 11.2. The molecule has 90 valence electrons. The van der Waals surface area contributed by atoms with E-state index in [0.717, 1.165) is 38.9 Å². The van der Waals surface area contributed by atoms with Crippen LogP contribution in [-0.2, 0) is 14.2 Å². The average molecular weight is 218 g/mol. The third-order valence-corrected chi connectivity index (χ3v) is 1.82. The minimum Gasteiger partial charge on any atom is -0.434 e. The van der Waals surface area contributed by atoms with E-state index in [-0.39, 0.29) is 0 Å². The van der Waals surface area contributed by atoms with Gasteiger partial charge in [0, 0.05) is 13.2 Å². The van der Waals surface area contributed by atoms with Crippen LogP contribution in [0.1, 0.15) is 39.5 Å². The predicted molar refractivity (Wildman–Crippen MR) is 57.9 cm³/mol. The fraction of sp³-hybridized carbons (Fsp3) is 0.909. The van der Waals surface area contributed by atoms with E-state index in [9.17, 15) is 4.79 Å². The molecule has 0 aliphatic heterocycles. The van der Waals surface area contributed by atoms with Crippen molar-refractivity contribution in [3.63, 3.8) is 0 Å². The quantitative estimate of drug-likeness (QED) is 0.441. The molecule has 0 saturated carbocycles. The molecule has 0 aromatic carbocycles. The van der Waals surface area contributed by atoms with E-state index >= 15 is 0 Å². The number of rotatable bonds is 9. The van der Waals surface area contributed by atoms with Gasteiger partial charge in [-0.15, -0.1) is 0 Å². The van der Waals surface area contributed by atoms with Crippen molar-refractivity contribution in [2.75, 3.05) is 26.4 Å². The zero-order chi connectivity index (χ0) is 11.4. The predicted octanol–water partition coefficient (Wildman–Crippen LogP) is 2.76. The Morgan fingerprint density at radius 1 is 0.933 bits per heavy atom. The monoisotopic (exact) mass is 218 g/mol. The lowest BCUT2D eigenvalue weighted by atomic mass is 10.3. The van der Waals surface area contributed by atoms with E-state index in [0.29, 0.717) is 13.2 Å². The molecule has 0 aliphatic rings. The summed E-state index contributed by atoms with van der Waals surface area (Å²) in [7, 11) is 0. The molecular formula is C11H22O4. The summed E-state index contributed by atoms with van der Waals surface area (Å²) in [6.45, 7) is 6.33. The summed E-state index contributed by atoms with van der Waals surface area (Å²) in [5.74, 6) is 0. The van der Waals surface area contributed by atoms with E-state index in [1.807, 2.05) is 13.8 Å². The highest BCUT2D eigenvalue weighted by Crippen LogP contribution is 1.95. The van der Waals surface area contributed by atoms with Crippen molar-refractivity contribution in [3.8, 4) is 0 Å². The highest BCUT2D eigenvalue weighted by molar-refractivity contribution is 5.59. The van der Waals surface area contributed by atoms with Crippen LogP contribution in [0.3, 0.4) is 0 Å². The maximum Gasteiger partial charge on any atom is 0.508 e. The molecule has 4 heteroatoms. The fourth-order valence-corrected chi connectivity index (χ4v) is 0.948. The van der Waals surface area contributed by atoms with Crippen LogP contribution >= 0.6 is 0 Å². The normalized spacial score (nSPS) is 10.0. The summed E-state index contributed by atoms with van der Waals surface area (Å²) in [6, 6.07) is 0. The standard InChI is InChI=1S/C11H22O4/c1-3-5-9-14-11(12)15-10-7-6-8-13-4-2/h3-10H2,1-2H3. The Balaban J connectivity index is 3.10. The first-order chi connectivity index (χ1) is 7.31. The van der Waals surface area contributed by atoms with Crippen LogP contribution in [0.15, 0.2) is 0 Å². The second-order valence-corrected chi connectivity index (χ2v) is 3.20. The summed E-state index contributed by atoms with van der Waals surface area (Å²) >= 11 is 0. The number of ether oxygens (including phenoxy) is 3. The van der Waals surface area contributed by atoms with Gasteiger partial charge in [-0.1, -0.05) is 13.3 Å². The first-order valence-electron chi connectivity index (χ1n) is 5.68. The van der Waals surface area contributed by atoms with Crippen molar-refractivity contribution in [2.45, 2.75) is 39.5 Å². The van der Waals surface area contributed by atoms with Gasteiger partial charge in [0.05, 0.1) is 13.2 Å². The number of carbonyl (C=O) groups is 1. The van der Waals surface area contributed by atoms with Crippen molar-refractivity contribution in [3.05, 3.63) is 0 Å². The van der Waals surface area contributed by atoms with E-state index in [1.54, 1.807) is 0 Å². The van der Waals surface area contributed by atoms with Crippen LogP contribution in [0.2, 0.25) is 0 Å². The number of unbranched alkanes of at least 4 members (excludes halogenated alkanes) is 2. The molecule has 0 N–H and O–H groups in total. The minimum atomic E-state index is -0.556. The van der Waals surface area contributed by atoms with Gasteiger partial charge in [-0.2, -0.15) is 0 Å². The third-order valence-electron chi connectivity index (χ3n) is 1.82. The van der Waals surface area contributed by atoms with Gasteiger partial charge in [-0.25, -0.2) is 4.79 Å². The van der Waals surface area contributed by atoms with Gasteiger partial charge in [-0.05, 0) is 26.2 Å². The van der Waals surface area contributed by atoms with Crippen molar-refractivity contribution in [1.82, 2.24) is 0 Å². The lowest BCUT2D eigenvalue weighted by molar-refractivity contribution is 0.0509. The van der Waals surface area contributed by atoms with Gasteiger partial charge < -0.3 is 14.2 Å². The van der Waals surface area contributed by atoms with Gasteiger partial charge in [0.25, 0.3) is 0 Å². The molecule has 0 spiro atoms. The Labute approximate surface area is 91.9 Å². The molecule has 4 nitrogen and oxygen atoms in total. The molecule has 0 bridgehead atoms. The fourth-order valence-electron chi connectivity index (χ4n) is 0.948. The first kappa shape index (κ1) is 14.2. The molecule has 0 aromatic rings. The second kappa shape index (κ2) is 11.3. The zero-order valence-corrected chi connectivity index (χ0v) is 9.79. The van der Waals surface area contributed by atoms with Crippen LogP contribution in [0.4, 0.5) is 4.79 Å². The molecule has 15 heavy (non-hydrogen) atoms. The highest BCUT2D eigenvalue weighted by atomic mass is 16.7. The number of hydrogen-bond donors (Lipinski definition) is 0. The maximum absolute atomic E-state index is 10.9. The number of hydrogen-bond acceptors (Lipinski definition) is 4. The summed E-state index contributed by atoms with van der Waals surface area (Å²) < 4.78 is 14.8. The molecule has 0 unspecified atom stereocenters. The zero-order valence-electron chi connectivity index (χ0n) is 9.79. The van der Waals surface area contributed by atoms with Crippen LogP contribution in [-0.4, -0.2) is 32.6 Å². The van der Waals surface area contributed by atoms with Gasteiger partial charge in [-0.3, -0.25) is 0 Å². The van der Waals surface area contributed by atoms with E-state index in [1.165, 1.54) is 0 Å². The average Bonchev–Trinajstić information content (AvgIpc) is 2.23. The molecule has 0 aromatic heterocycles. The SMILES string of the molecule is CCCCOC(=O)OCCCCOCC. The highest BCUT2D eigenvalue weighted by Gasteiger charge is 2.01. The Bertz CT molecular complexity index is 148. The molecule has 0 heterocycles. The van der Waals surface area contributed by atoms with Crippen molar-refractivity contribution in [2.24, 2.45) is 0 Å². The molecule has 0 radical (unpaired) electrons. The lowest BCUT2D eigenvalue weighted by Gasteiger charge is -2.05. The topological polar surface area (TPSA) is 44.8 Å². The maximum atomic E-state index is 10.9. The molecule has 0 rings (SSSR count). The summed E-state index contributed by atoms with van der Waals surface area (Å²) in [5, 5.41) is 0. The molecule has 0 atom stereocenters.